The van der Waals surface area contributed by atoms with Crippen LogP contribution in [-0.4, -0.2) is 18.4 Å². The van der Waals surface area contributed by atoms with Crippen molar-refractivity contribution in [2.45, 2.75) is 4.90 Å². The molecule has 1 heterocycles. The van der Waals surface area contributed by atoms with Gasteiger partial charge < -0.3 is 4.98 Å². The molecule has 3 rings (SSSR count). The summed E-state index contributed by atoms with van der Waals surface area (Å²) in [6.45, 7) is 0. The number of benzene rings is 2. The predicted molar refractivity (Wildman–Crippen MR) is 70.1 cm³/mol. The second-order valence-electron chi connectivity index (χ2n) is 3.91. The fourth-order valence-corrected chi connectivity index (χ4v) is 2.26. The van der Waals surface area contributed by atoms with Crippen LogP contribution in [0.2, 0.25) is 0 Å². The highest BCUT2D eigenvalue weighted by Crippen LogP contribution is 2.21. The molecule has 4 nitrogen and oxygen atoms in total. The van der Waals surface area contributed by atoms with E-state index in [0.717, 1.165) is 16.9 Å². The molecule has 0 radical (unpaired) electrons. The van der Waals surface area contributed by atoms with Crippen molar-refractivity contribution < 1.29 is 8.42 Å². The molecular weight excluding hydrogens is 248 g/mol. The summed E-state index contributed by atoms with van der Waals surface area (Å²) >= 11 is 0. The van der Waals surface area contributed by atoms with Crippen LogP contribution in [-0.2, 0) is 10.7 Å². The number of imidazole rings is 1. The SMILES string of the molecule is O=[SH](=O)c1ccc2[nH]c(-c3ccccc3)nc2c1. The maximum absolute atomic E-state index is 10.9. The summed E-state index contributed by atoms with van der Waals surface area (Å²) in [7, 11) is -2.57. The molecule has 0 atom stereocenters. The Morgan fingerprint density at radius 2 is 1.78 bits per heavy atom. The third kappa shape index (κ3) is 1.89. The van der Waals surface area contributed by atoms with Gasteiger partial charge in [0.25, 0.3) is 0 Å². The highest BCUT2D eigenvalue weighted by Gasteiger charge is 2.06. The van der Waals surface area contributed by atoms with Gasteiger partial charge in [0.1, 0.15) is 5.82 Å². The van der Waals surface area contributed by atoms with E-state index >= 15 is 0 Å². The lowest BCUT2D eigenvalue weighted by molar-refractivity contribution is 0.614. The Kier molecular flexibility index (Phi) is 2.60. The normalized spacial score (nSPS) is 11.2. The molecule has 18 heavy (non-hydrogen) atoms. The van der Waals surface area contributed by atoms with Crippen molar-refractivity contribution in [3.8, 4) is 11.4 Å². The van der Waals surface area contributed by atoms with Gasteiger partial charge in [-0.3, -0.25) is 0 Å². The lowest BCUT2D eigenvalue weighted by Crippen LogP contribution is -1.79. The fourth-order valence-electron chi connectivity index (χ4n) is 1.84. The van der Waals surface area contributed by atoms with E-state index in [2.05, 4.69) is 9.97 Å². The van der Waals surface area contributed by atoms with Gasteiger partial charge in [-0.25, -0.2) is 13.4 Å². The summed E-state index contributed by atoms with van der Waals surface area (Å²) in [4.78, 5) is 7.85. The molecule has 0 fully saturated rings. The minimum Gasteiger partial charge on any atom is -0.338 e. The number of nitrogens with one attached hydrogen (secondary N) is 1. The number of hydrogen-bond acceptors (Lipinski definition) is 3. The number of H-pyrrole nitrogens is 1. The van der Waals surface area contributed by atoms with Gasteiger partial charge in [0.05, 0.1) is 15.9 Å². The Balaban J connectivity index is 2.17. The van der Waals surface area contributed by atoms with E-state index in [1.165, 1.54) is 0 Å². The molecule has 1 N–H and O–H groups in total. The van der Waals surface area contributed by atoms with E-state index in [-0.39, 0.29) is 4.90 Å². The van der Waals surface area contributed by atoms with Crippen molar-refractivity contribution in [2.24, 2.45) is 0 Å². The van der Waals surface area contributed by atoms with Gasteiger partial charge in [0.15, 0.2) is 10.7 Å². The lowest BCUT2D eigenvalue weighted by atomic mass is 10.2. The molecule has 2 aromatic carbocycles. The second kappa shape index (κ2) is 4.27. The Bertz CT molecular complexity index is 768. The molecular formula is C13H10N2O2S. The summed E-state index contributed by atoms with van der Waals surface area (Å²) in [5, 5.41) is 0. The van der Waals surface area contributed by atoms with Crippen LogP contribution in [0.4, 0.5) is 0 Å². The molecule has 3 aromatic rings. The summed E-state index contributed by atoms with van der Waals surface area (Å²) in [6, 6.07) is 14.6. The van der Waals surface area contributed by atoms with Crippen LogP contribution in [0.1, 0.15) is 0 Å². The first-order chi connectivity index (χ1) is 8.74. The van der Waals surface area contributed by atoms with Gasteiger partial charge in [0.2, 0.25) is 0 Å². The van der Waals surface area contributed by atoms with E-state index in [0.29, 0.717) is 5.52 Å². The zero-order valence-electron chi connectivity index (χ0n) is 9.33. The standard InChI is InChI=1S/C13H10N2O2S/c16-18(17)10-6-7-11-12(8-10)15-13(14-11)9-4-2-1-3-5-9/h1-8,18H,(H,14,15). The number of aromatic nitrogens is 2. The van der Waals surface area contributed by atoms with Crippen molar-refractivity contribution in [3.63, 3.8) is 0 Å². The topological polar surface area (TPSA) is 62.8 Å². The molecule has 0 aliphatic rings. The number of thiol groups is 1. The Morgan fingerprint density at radius 1 is 1.00 bits per heavy atom. The molecule has 5 heteroatoms. The van der Waals surface area contributed by atoms with Crippen LogP contribution in [0.5, 0.6) is 0 Å². The van der Waals surface area contributed by atoms with Crippen LogP contribution in [0, 0.1) is 0 Å². The third-order valence-corrected chi connectivity index (χ3v) is 3.42. The first-order valence-electron chi connectivity index (χ1n) is 5.43. The summed E-state index contributed by atoms with van der Waals surface area (Å²) in [5.41, 5.74) is 2.46. The summed E-state index contributed by atoms with van der Waals surface area (Å²) in [6.07, 6.45) is 0. The average Bonchev–Trinajstić information content (AvgIpc) is 2.82. The smallest absolute Gasteiger partial charge is 0.168 e. The van der Waals surface area contributed by atoms with E-state index < -0.39 is 10.7 Å². The monoisotopic (exact) mass is 258 g/mol. The van der Waals surface area contributed by atoms with E-state index in [1.54, 1.807) is 18.2 Å². The highest BCUT2D eigenvalue weighted by molar-refractivity contribution is 7.72. The van der Waals surface area contributed by atoms with Crippen LogP contribution in [0.15, 0.2) is 53.4 Å². The average molecular weight is 258 g/mol. The van der Waals surface area contributed by atoms with Gasteiger partial charge >= 0.3 is 0 Å². The molecule has 0 bridgehead atoms. The van der Waals surface area contributed by atoms with Gasteiger partial charge in [-0.1, -0.05) is 30.3 Å². The van der Waals surface area contributed by atoms with Crippen LogP contribution in [0.25, 0.3) is 22.4 Å². The number of hydrogen-bond donors (Lipinski definition) is 2. The van der Waals surface area contributed by atoms with Crippen molar-refractivity contribution >= 4 is 21.7 Å². The number of aromatic amines is 1. The second-order valence-corrected chi connectivity index (χ2v) is 4.94. The van der Waals surface area contributed by atoms with Crippen LogP contribution in [0.3, 0.4) is 0 Å². The van der Waals surface area contributed by atoms with E-state index in [9.17, 15) is 8.42 Å². The van der Waals surface area contributed by atoms with Crippen LogP contribution < -0.4 is 0 Å². The summed E-state index contributed by atoms with van der Waals surface area (Å²) < 4.78 is 21.8. The lowest BCUT2D eigenvalue weighted by Gasteiger charge is -1.93. The fraction of sp³-hybridized carbons (Fsp3) is 0. The van der Waals surface area contributed by atoms with E-state index in [4.69, 9.17) is 0 Å². The largest absolute Gasteiger partial charge is 0.338 e. The van der Waals surface area contributed by atoms with Gasteiger partial charge in [-0.15, -0.1) is 0 Å². The predicted octanol–water partition coefficient (Wildman–Crippen LogP) is 2.20. The molecule has 0 amide bonds. The minimum atomic E-state index is -2.57. The van der Waals surface area contributed by atoms with Crippen LogP contribution >= 0.6 is 0 Å². The zero-order valence-corrected chi connectivity index (χ0v) is 10.2. The Hall–Kier alpha value is -2.14. The number of fused-ring (bicyclic) bond motifs is 1. The third-order valence-electron chi connectivity index (χ3n) is 2.72. The van der Waals surface area contributed by atoms with Gasteiger partial charge in [-0.2, -0.15) is 0 Å². The van der Waals surface area contributed by atoms with Gasteiger partial charge in [-0.05, 0) is 18.2 Å². The molecule has 0 saturated carbocycles. The molecule has 0 unspecified atom stereocenters. The van der Waals surface area contributed by atoms with Crippen molar-refractivity contribution in [2.75, 3.05) is 0 Å². The van der Waals surface area contributed by atoms with Gasteiger partial charge in [0, 0.05) is 5.56 Å². The van der Waals surface area contributed by atoms with Crippen molar-refractivity contribution in [1.29, 1.82) is 0 Å². The minimum absolute atomic E-state index is 0.281. The molecule has 0 aliphatic heterocycles. The Morgan fingerprint density at radius 3 is 2.50 bits per heavy atom. The maximum atomic E-state index is 10.9. The molecule has 90 valence electrons. The molecule has 0 spiro atoms. The van der Waals surface area contributed by atoms with Crippen molar-refractivity contribution in [1.82, 2.24) is 9.97 Å². The zero-order chi connectivity index (χ0) is 12.5. The number of nitrogens with zero attached hydrogens (tertiary/aromatic N) is 1. The first-order valence-corrected chi connectivity index (χ1v) is 6.61. The molecule has 1 aromatic heterocycles. The Labute approximate surface area is 105 Å². The van der Waals surface area contributed by atoms with E-state index in [1.807, 2.05) is 30.3 Å². The molecule has 0 aliphatic carbocycles. The van der Waals surface area contributed by atoms with Crippen molar-refractivity contribution in [3.05, 3.63) is 48.5 Å². The maximum Gasteiger partial charge on any atom is 0.168 e. The first kappa shape index (κ1) is 11.0. The summed E-state index contributed by atoms with van der Waals surface area (Å²) in [5.74, 6) is 0.740. The molecule has 0 saturated heterocycles. The highest BCUT2D eigenvalue weighted by atomic mass is 32.2. The quantitative estimate of drug-likeness (QED) is 0.693. The number of rotatable bonds is 2.